The van der Waals surface area contributed by atoms with Crippen molar-refractivity contribution < 1.29 is 9.53 Å². The molecule has 2 aromatic rings. The SMILES string of the molecule is CCOc1ccc(CN(C)CC(=O)Nc2ccc(CC#N)cc2)cc1. The Morgan fingerprint density at radius 2 is 1.76 bits per heavy atom. The molecule has 1 N–H and O–H groups in total. The van der Waals surface area contributed by atoms with Crippen LogP contribution in [0.2, 0.25) is 0 Å². The van der Waals surface area contributed by atoms with Gasteiger partial charge in [-0.15, -0.1) is 0 Å². The zero-order valence-electron chi connectivity index (χ0n) is 14.7. The third kappa shape index (κ3) is 6.28. The fourth-order valence-electron chi connectivity index (χ4n) is 2.47. The van der Waals surface area contributed by atoms with Crippen molar-refractivity contribution in [1.29, 1.82) is 5.26 Å². The fourth-order valence-corrected chi connectivity index (χ4v) is 2.47. The normalized spacial score (nSPS) is 10.3. The van der Waals surface area contributed by atoms with Gasteiger partial charge in [0.1, 0.15) is 5.75 Å². The molecule has 0 aromatic heterocycles. The van der Waals surface area contributed by atoms with Gasteiger partial charge in [-0.1, -0.05) is 24.3 Å². The van der Waals surface area contributed by atoms with Crippen molar-refractivity contribution in [3.8, 4) is 11.8 Å². The van der Waals surface area contributed by atoms with Gasteiger partial charge in [-0.2, -0.15) is 5.26 Å². The Hall–Kier alpha value is -2.84. The number of ether oxygens (including phenoxy) is 1. The second kappa shape index (κ2) is 9.45. The number of benzene rings is 2. The van der Waals surface area contributed by atoms with Gasteiger partial charge < -0.3 is 10.1 Å². The highest BCUT2D eigenvalue weighted by molar-refractivity contribution is 5.92. The molecule has 0 aliphatic heterocycles. The number of carbonyl (C=O) groups excluding carboxylic acids is 1. The summed E-state index contributed by atoms with van der Waals surface area (Å²) >= 11 is 0. The molecule has 0 radical (unpaired) electrons. The van der Waals surface area contributed by atoms with Crippen molar-refractivity contribution in [2.75, 3.05) is 25.5 Å². The number of carbonyl (C=O) groups is 1. The lowest BCUT2D eigenvalue weighted by molar-refractivity contribution is -0.117. The fraction of sp³-hybridized carbons (Fsp3) is 0.300. The Bertz CT molecular complexity index is 718. The highest BCUT2D eigenvalue weighted by Gasteiger charge is 2.08. The van der Waals surface area contributed by atoms with Crippen LogP contribution < -0.4 is 10.1 Å². The van der Waals surface area contributed by atoms with Crippen LogP contribution in [-0.2, 0) is 17.8 Å². The van der Waals surface area contributed by atoms with E-state index in [-0.39, 0.29) is 5.91 Å². The molecule has 0 spiro atoms. The molecule has 0 heterocycles. The molecule has 0 aliphatic carbocycles. The molecule has 0 atom stereocenters. The zero-order valence-corrected chi connectivity index (χ0v) is 14.7. The number of amides is 1. The van der Waals surface area contributed by atoms with Crippen molar-refractivity contribution in [2.24, 2.45) is 0 Å². The van der Waals surface area contributed by atoms with E-state index in [4.69, 9.17) is 10.00 Å². The van der Waals surface area contributed by atoms with Crippen LogP contribution in [0, 0.1) is 11.3 Å². The van der Waals surface area contributed by atoms with Gasteiger partial charge in [-0.3, -0.25) is 9.69 Å². The maximum atomic E-state index is 12.1. The largest absolute Gasteiger partial charge is 0.494 e. The molecular weight excluding hydrogens is 314 g/mol. The number of nitrogens with one attached hydrogen (secondary N) is 1. The molecule has 0 fully saturated rings. The Labute approximate surface area is 148 Å². The quantitative estimate of drug-likeness (QED) is 0.803. The van der Waals surface area contributed by atoms with Crippen LogP contribution >= 0.6 is 0 Å². The predicted octanol–water partition coefficient (Wildman–Crippen LogP) is 3.22. The summed E-state index contributed by atoms with van der Waals surface area (Å²) in [6.07, 6.45) is 0.374. The first-order valence-corrected chi connectivity index (χ1v) is 8.26. The molecule has 0 saturated heterocycles. The molecule has 0 saturated carbocycles. The van der Waals surface area contributed by atoms with Crippen molar-refractivity contribution in [3.63, 3.8) is 0 Å². The van der Waals surface area contributed by atoms with Gasteiger partial charge in [-0.25, -0.2) is 0 Å². The molecule has 130 valence electrons. The minimum atomic E-state index is -0.0681. The van der Waals surface area contributed by atoms with Crippen molar-refractivity contribution >= 4 is 11.6 Å². The maximum Gasteiger partial charge on any atom is 0.238 e. The van der Waals surface area contributed by atoms with E-state index in [9.17, 15) is 4.79 Å². The number of likely N-dealkylation sites (N-methyl/N-ethyl adjacent to an activating group) is 1. The van der Waals surface area contributed by atoms with Crippen LogP contribution in [0.1, 0.15) is 18.1 Å². The van der Waals surface area contributed by atoms with E-state index in [0.717, 1.165) is 22.6 Å². The molecule has 0 aliphatic rings. The van der Waals surface area contributed by atoms with E-state index >= 15 is 0 Å². The highest BCUT2D eigenvalue weighted by Crippen LogP contribution is 2.13. The number of nitrogens with zero attached hydrogens (tertiary/aromatic N) is 2. The summed E-state index contributed by atoms with van der Waals surface area (Å²) in [6, 6.07) is 17.3. The number of hydrogen-bond acceptors (Lipinski definition) is 4. The van der Waals surface area contributed by atoms with Gasteiger partial charge in [-0.05, 0) is 49.4 Å². The summed E-state index contributed by atoms with van der Waals surface area (Å²) in [5, 5.41) is 11.5. The first-order valence-electron chi connectivity index (χ1n) is 8.26. The smallest absolute Gasteiger partial charge is 0.238 e. The third-order valence-electron chi connectivity index (χ3n) is 3.62. The highest BCUT2D eigenvalue weighted by atomic mass is 16.5. The molecule has 0 unspecified atom stereocenters. The first-order chi connectivity index (χ1) is 12.1. The average molecular weight is 337 g/mol. The topological polar surface area (TPSA) is 65.4 Å². The lowest BCUT2D eigenvalue weighted by Crippen LogP contribution is -2.29. The summed E-state index contributed by atoms with van der Waals surface area (Å²) in [5.74, 6) is 0.785. The Morgan fingerprint density at radius 1 is 1.12 bits per heavy atom. The Balaban J connectivity index is 1.82. The number of anilines is 1. The minimum Gasteiger partial charge on any atom is -0.494 e. The lowest BCUT2D eigenvalue weighted by atomic mass is 10.1. The molecule has 0 bridgehead atoms. The van der Waals surface area contributed by atoms with Crippen LogP contribution in [-0.4, -0.2) is 31.0 Å². The Morgan fingerprint density at radius 3 is 2.36 bits per heavy atom. The zero-order chi connectivity index (χ0) is 18.1. The predicted molar refractivity (Wildman–Crippen MR) is 98.3 cm³/mol. The Kier molecular flexibility index (Phi) is 7.00. The average Bonchev–Trinajstić information content (AvgIpc) is 2.59. The van der Waals surface area contributed by atoms with Gasteiger partial charge in [0.2, 0.25) is 5.91 Å². The summed E-state index contributed by atoms with van der Waals surface area (Å²) in [7, 11) is 1.91. The number of nitriles is 1. The van der Waals surface area contributed by atoms with Crippen LogP contribution in [0.15, 0.2) is 48.5 Å². The first kappa shape index (κ1) is 18.5. The standard InChI is InChI=1S/C20H23N3O2/c1-3-25-19-10-6-17(7-11-19)14-23(2)15-20(24)22-18-8-4-16(5-9-18)12-13-21/h4-11H,3,12,14-15H2,1-2H3,(H,22,24). The van der Waals surface area contributed by atoms with Gasteiger partial charge in [0.15, 0.2) is 0 Å². The number of hydrogen-bond donors (Lipinski definition) is 1. The van der Waals surface area contributed by atoms with Crippen molar-refractivity contribution in [2.45, 2.75) is 19.9 Å². The molecule has 25 heavy (non-hydrogen) atoms. The summed E-state index contributed by atoms with van der Waals surface area (Å²) in [4.78, 5) is 14.1. The van der Waals surface area contributed by atoms with E-state index in [1.54, 1.807) is 0 Å². The molecular formula is C20H23N3O2. The van der Waals surface area contributed by atoms with E-state index < -0.39 is 0 Å². The van der Waals surface area contributed by atoms with Gasteiger partial charge in [0.25, 0.3) is 0 Å². The van der Waals surface area contributed by atoms with E-state index in [0.29, 0.717) is 26.1 Å². The number of rotatable bonds is 8. The maximum absolute atomic E-state index is 12.1. The minimum absolute atomic E-state index is 0.0681. The summed E-state index contributed by atoms with van der Waals surface area (Å²) in [5.41, 5.74) is 2.80. The molecule has 2 rings (SSSR count). The monoisotopic (exact) mass is 337 g/mol. The van der Waals surface area contributed by atoms with E-state index in [2.05, 4.69) is 11.4 Å². The van der Waals surface area contributed by atoms with E-state index in [1.165, 1.54) is 0 Å². The molecule has 1 amide bonds. The van der Waals surface area contributed by atoms with Crippen molar-refractivity contribution in [3.05, 3.63) is 59.7 Å². The van der Waals surface area contributed by atoms with Crippen LogP contribution in [0.25, 0.3) is 0 Å². The van der Waals surface area contributed by atoms with Gasteiger partial charge >= 0.3 is 0 Å². The summed E-state index contributed by atoms with van der Waals surface area (Å²) in [6.45, 7) is 3.59. The van der Waals surface area contributed by atoms with Crippen molar-refractivity contribution in [1.82, 2.24) is 4.90 Å². The van der Waals surface area contributed by atoms with Crippen LogP contribution in [0.3, 0.4) is 0 Å². The molecule has 5 nitrogen and oxygen atoms in total. The second-order valence-electron chi connectivity index (χ2n) is 5.83. The van der Waals surface area contributed by atoms with Crippen LogP contribution in [0.5, 0.6) is 5.75 Å². The lowest BCUT2D eigenvalue weighted by Gasteiger charge is -2.16. The second-order valence-corrected chi connectivity index (χ2v) is 5.83. The van der Waals surface area contributed by atoms with Crippen LogP contribution in [0.4, 0.5) is 5.69 Å². The molecule has 5 heteroatoms. The molecule has 2 aromatic carbocycles. The van der Waals surface area contributed by atoms with Gasteiger partial charge in [0.05, 0.1) is 25.6 Å². The third-order valence-corrected chi connectivity index (χ3v) is 3.62. The summed E-state index contributed by atoms with van der Waals surface area (Å²) < 4.78 is 5.42. The van der Waals surface area contributed by atoms with Gasteiger partial charge in [0, 0.05) is 12.2 Å². The van der Waals surface area contributed by atoms with E-state index in [1.807, 2.05) is 67.4 Å².